The Bertz CT molecular complexity index is 1140. The molecule has 6 nitrogen and oxygen atoms in total. The molecule has 0 aromatic heterocycles. The highest BCUT2D eigenvalue weighted by atomic mass is 32.2. The van der Waals surface area contributed by atoms with E-state index in [4.69, 9.17) is 19.2 Å². The molecule has 1 unspecified atom stereocenters. The number of carbonyl (C=O) groups is 1. The van der Waals surface area contributed by atoms with Crippen molar-refractivity contribution in [2.24, 2.45) is 4.99 Å². The average Bonchev–Trinajstić information content (AvgIpc) is 2.83. The highest BCUT2D eigenvalue weighted by Gasteiger charge is 2.27. The molecule has 3 aromatic rings. The van der Waals surface area contributed by atoms with Crippen LogP contribution >= 0.6 is 11.8 Å². The normalized spacial score (nSPS) is 14.7. The molecule has 1 N–H and O–H groups in total. The van der Waals surface area contributed by atoms with Crippen LogP contribution in [0.2, 0.25) is 0 Å². The van der Waals surface area contributed by atoms with Crippen molar-refractivity contribution in [2.75, 3.05) is 26.6 Å². The van der Waals surface area contributed by atoms with Gasteiger partial charge in [-0.05, 0) is 54.1 Å². The van der Waals surface area contributed by atoms with E-state index >= 15 is 0 Å². The number of methoxy groups -OCH3 is 3. The Kier molecular flexibility index (Phi) is 6.66. The van der Waals surface area contributed by atoms with Gasteiger partial charge in [0.15, 0.2) is 11.5 Å². The molecule has 0 spiro atoms. The lowest BCUT2D eigenvalue weighted by molar-refractivity contribution is -0.116. The monoisotopic (exact) mass is 448 g/mol. The second-order valence-electron chi connectivity index (χ2n) is 7.12. The first-order chi connectivity index (χ1) is 15.6. The van der Waals surface area contributed by atoms with Gasteiger partial charge >= 0.3 is 0 Å². The fraction of sp³-hybridized carbons (Fsp3) is 0.200. The second kappa shape index (κ2) is 9.78. The van der Waals surface area contributed by atoms with Crippen molar-refractivity contribution in [2.45, 2.75) is 16.6 Å². The number of thioether (sulfide) groups is 1. The third kappa shape index (κ3) is 4.73. The van der Waals surface area contributed by atoms with Crippen molar-refractivity contribution in [1.29, 1.82) is 0 Å². The van der Waals surface area contributed by atoms with Crippen molar-refractivity contribution in [3.05, 3.63) is 72.3 Å². The molecule has 0 radical (unpaired) electrons. The summed E-state index contributed by atoms with van der Waals surface area (Å²) in [6.07, 6.45) is 0.276. The van der Waals surface area contributed by atoms with Crippen LogP contribution < -0.4 is 19.5 Å². The Morgan fingerprint density at radius 3 is 2.41 bits per heavy atom. The van der Waals surface area contributed by atoms with Crippen LogP contribution in [0.3, 0.4) is 0 Å². The molecule has 0 fully saturated rings. The number of nitrogens with zero attached hydrogens (tertiary/aromatic N) is 1. The number of amides is 1. The number of hydrogen-bond donors (Lipinski definition) is 1. The predicted molar refractivity (Wildman–Crippen MR) is 128 cm³/mol. The van der Waals surface area contributed by atoms with Gasteiger partial charge in [0, 0.05) is 23.1 Å². The molecule has 3 aromatic carbocycles. The summed E-state index contributed by atoms with van der Waals surface area (Å²) in [5.74, 6) is 1.85. The van der Waals surface area contributed by atoms with E-state index in [9.17, 15) is 4.79 Å². The summed E-state index contributed by atoms with van der Waals surface area (Å²) in [5, 5.41) is 2.84. The fourth-order valence-corrected chi connectivity index (χ4v) is 4.74. The van der Waals surface area contributed by atoms with Crippen LogP contribution in [-0.4, -0.2) is 38.2 Å². The summed E-state index contributed by atoms with van der Waals surface area (Å²) in [5.41, 5.74) is 3.41. The SMILES string of the molecule is COc1ccc(C2=Nc3ccccc3SC2CC(=O)Nc2ccc(OC)c(OC)c2)cc1. The van der Waals surface area contributed by atoms with E-state index in [2.05, 4.69) is 5.32 Å². The standard InChI is InChI=1S/C25H24N2O4S/c1-29-18-11-8-16(9-12-18)25-23(32-22-7-5-4-6-19(22)27-25)15-24(28)26-17-10-13-20(30-2)21(14-17)31-3/h4-14,23H,15H2,1-3H3,(H,26,28). The lowest BCUT2D eigenvalue weighted by atomic mass is 10.0. The quantitative estimate of drug-likeness (QED) is 0.529. The summed E-state index contributed by atoms with van der Waals surface area (Å²) in [4.78, 5) is 18.9. The zero-order valence-electron chi connectivity index (χ0n) is 18.1. The minimum Gasteiger partial charge on any atom is -0.497 e. The third-order valence-electron chi connectivity index (χ3n) is 5.10. The summed E-state index contributed by atoms with van der Waals surface area (Å²) < 4.78 is 15.9. The number of fused-ring (bicyclic) bond motifs is 1. The molecule has 1 heterocycles. The highest BCUT2D eigenvalue weighted by Crippen LogP contribution is 2.40. The number of aliphatic imine (C=N–C) groups is 1. The molecule has 1 amide bonds. The van der Waals surface area contributed by atoms with Gasteiger partial charge in [0.1, 0.15) is 5.75 Å². The minimum atomic E-state index is -0.126. The van der Waals surface area contributed by atoms with Crippen LogP contribution in [0.4, 0.5) is 11.4 Å². The first-order valence-corrected chi connectivity index (χ1v) is 11.0. The Morgan fingerprint density at radius 1 is 0.938 bits per heavy atom. The summed E-state index contributed by atoms with van der Waals surface area (Å²) >= 11 is 1.65. The highest BCUT2D eigenvalue weighted by molar-refractivity contribution is 8.01. The Hall–Kier alpha value is -3.45. The van der Waals surface area contributed by atoms with Crippen molar-refractivity contribution in [1.82, 2.24) is 0 Å². The molecule has 0 aliphatic carbocycles. The van der Waals surface area contributed by atoms with Crippen LogP contribution in [-0.2, 0) is 4.79 Å². The number of hydrogen-bond acceptors (Lipinski definition) is 6. The molecular weight excluding hydrogens is 424 g/mol. The summed E-state index contributed by atoms with van der Waals surface area (Å²) in [6.45, 7) is 0. The third-order valence-corrected chi connectivity index (χ3v) is 6.38. The van der Waals surface area contributed by atoms with Gasteiger partial charge in [-0.15, -0.1) is 11.8 Å². The fourth-order valence-electron chi connectivity index (χ4n) is 3.50. The average molecular weight is 449 g/mol. The van der Waals surface area contributed by atoms with Crippen LogP contribution in [0.1, 0.15) is 12.0 Å². The molecule has 164 valence electrons. The summed E-state index contributed by atoms with van der Waals surface area (Å²) in [6, 6.07) is 21.1. The van der Waals surface area contributed by atoms with E-state index in [1.807, 2.05) is 48.5 Å². The van der Waals surface area contributed by atoms with Gasteiger partial charge in [-0.1, -0.05) is 12.1 Å². The number of benzene rings is 3. The van der Waals surface area contributed by atoms with E-state index in [0.29, 0.717) is 17.2 Å². The van der Waals surface area contributed by atoms with Gasteiger partial charge in [0.05, 0.1) is 38.0 Å². The lowest BCUT2D eigenvalue weighted by Crippen LogP contribution is -2.27. The van der Waals surface area contributed by atoms with E-state index in [-0.39, 0.29) is 17.6 Å². The van der Waals surface area contributed by atoms with Crippen LogP contribution in [0, 0.1) is 0 Å². The maximum Gasteiger partial charge on any atom is 0.225 e. The lowest BCUT2D eigenvalue weighted by Gasteiger charge is -2.24. The topological polar surface area (TPSA) is 69.2 Å². The maximum absolute atomic E-state index is 13.0. The van der Waals surface area contributed by atoms with Gasteiger partial charge in [-0.3, -0.25) is 9.79 Å². The van der Waals surface area contributed by atoms with Crippen molar-refractivity contribution in [3.63, 3.8) is 0 Å². The smallest absolute Gasteiger partial charge is 0.225 e. The van der Waals surface area contributed by atoms with E-state index in [1.54, 1.807) is 51.3 Å². The number of para-hydroxylation sites is 1. The molecule has 0 saturated carbocycles. The van der Waals surface area contributed by atoms with E-state index < -0.39 is 0 Å². The molecule has 4 rings (SSSR count). The van der Waals surface area contributed by atoms with Gasteiger partial charge < -0.3 is 19.5 Å². The largest absolute Gasteiger partial charge is 0.497 e. The molecule has 32 heavy (non-hydrogen) atoms. The Morgan fingerprint density at radius 2 is 1.69 bits per heavy atom. The van der Waals surface area contributed by atoms with Crippen molar-refractivity contribution >= 4 is 34.8 Å². The molecule has 1 atom stereocenters. The number of ether oxygens (including phenoxy) is 3. The second-order valence-corrected chi connectivity index (χ2v) is 8.37. The number of anilines is 1. The Labute approximate surface area is 191 Å². The van der Waals surface area contributed by atoms with Crippen molar-refractivity contribution < 1.29 is 19.0 Å². The zero-order valence-corrected chi connectivity index (χ0v) is 18.9. The van der Waals surface area contributed by atoms with Crippen LogP contribution in [0.25, 0.3) is 0 Å². The predicted octanol–water partition coefficient (Wildman–Crippen LogP) is 5.34. The summed E-state index contributed by atoms with van der Waals surface area (Å²) in [7, 11) is 4.78. The molecule has 1 aliphatic rings. The van der Waals surface area contributed by atoms with Gasteiger partial charge in [0.2, 0.25) is 5.91 Å². The first-order valence-electron chi connectivity index (χ1n) is 10.1. The molecule has 0 saturated heterocycles. The number of carbonyl (C=O) groups excluding carboxylic acids is 1. The number of rotatable bonds is 7. The molecule has 0 bridgehead atoms. The zero-order chi connectivity index (χ0) is 22.5. The number of nitrogens with one attached hydrogen (secondary N) is 1. The van der Waals surface area contributed by atoms with Gasteiger partial charge in [-0.25, -0.2) is 0 Å². The van der Waals surface area contributed by atoms with Crippen LogP contribution in [0.15, 0.2) is 76.6 Å². The molecule has 1 aliphatic heterocycles. The van der Waals surface area contributed by atoms with E-state index in [1.165, 1.54) is 0 Å². The molecular formula is C25H24N2O4S. The van der Waals surface area contributed by atoms with Gasteiger partial charge in [0.25, 0.3) is 0 Å². The minimum absolute atomic E-state index is 0.102. The van der Waals surface area contributed by atoms with Crippen LogP contribution in [0.5, 0.6) is 17.2 Å². The maximum atomic E-state index is 13.0. The first kappa shape index (κ1) is 21.8. The van der Waals surface area contributed by atoms with Gasteiger partial charge in [-0.2, -0.15) is 0 Å². The van der Waals surface area contributed by atoms with Crippen molar-refractivity contribution in [3.8, 4) is 17.2 Å². The Balaban J connectivity index is 1.57. The van der Waals surface area contributed by atoms with E-state index in [0.717, 1.165) is 27.6 Å². The molecule has 7 heteroatoms.